The summed E-state index contributed by atoms with van der Waals surface area (Å²) in [7, 11) is 2.00. The lowest BCUT2D eigenvalue weighted by Crippen LogP contribution is -2.40. The van der Waals surface area contributed by atoms with Crippen molar-refractivity contribution in [1.29, 1.82) is 0 Å². The molecule has 2 aliphatic heterocycles. The maximum absolute atomic E-state index is 12.0. The summed E-state index contributed by atoms with van der Waals surface area (Å²) in [6.45, 7) is 2.89. The fourth-order valence-electron chi connectivity index (χ4n) is 3.22. The standard InChI is InChI=1S/C15H19BO4/c1-10-13-14(16)20-15(10,9-19-13)7-12(17)18-8-11-5-3-2-4-6-11/h2-6,10,13-14H,7-9,16H2,1H3/t10-,13?,14-,15+/m1/s1. The lowest BCUT2D eigenvalue weighted by atomic mass is 9.84. The number of benzene rings is 1. The van der Waals surface area contributed by atoms with Crippen LogP contribution in [-0.4, -0.2) is 38.1 Å². The Morgan fingerprint density at radius 2 is 2.20 bits per heavy atom. The molecule has 0 amide bonds. The molecule has 2 saturated heterocycles. The second-order valence-corrected chi connectivity index (χ2v) is 5.78. The van der Waals surface area contributed by atoms with Gasteiger partial charge in [0.2, 0.25) is 0 Å². The Hall–Kier alpha value is -1.33. The van der Waals surface area contributed by atoms with Crippen LogP contribution in [0.25, 0.3) is 0 Å². The average molecular weight is 274 g/mol. The van der Waals surface area contributed by atoms with Crippen molar-refractivity contribution < 1.29 is 19.0 Å². The van der Waals surface area contributed by atoms with Crippen LogP contribution in [0.2, 0.25) is 0 Å². The van der Waals surface area contributed by atoms with E-state index in [-0.39, 0.29) is 30.4 Å². The zero-order valence-corrected chi connectivity index (χ0v) is 11.9. The maximum Gasteiger partial charge on any atom is 0.309 e. The first kappa shape index (κ1) is 13.6. The van der Waals surface area contributed by atoms with Crippen LogP contribution >= 0.6 is 0 Å². The van der Waals surface area contributed by atoms with E-state index in [0.29, 0.717) is 13.2 Å². The van der Waals surface area contributed by atoms with Crippen molar-refractivity contribution in [3.05, 3.63) is 35.9 Å². The van der Waals surface area contributed by atoms with E-state index in [4.69, 9.17) is 14.2 Å². The smallest absolute Gasteiger partial charge is 0.309 e. The van der Waals surface area contributed by atoms with Gasteiger partial charge in [-0.3, -0.25) is 4.79 Å². The third-order valence-electron chi connectivity index (χ3n) is 4.41. The Kier molecular flexibility index (Phi) is 3.56. The highest BCUT2D eigenvalue weighted by molar-refractivity contribution is 6.11. The third-order valence-corrected chi connectivity index (χ3v) is 4.41. The first-order valence-electron chi connectivity index (χ1n) is 7.10. The monoisotopic (exact) mass is 274 g/mol. The van der Waals surface area contributed by atoms with E-state index in [1.165, 1.54) is 0 Å². The molecule has 2 bridgehead atoms. The molecule has 1 unspecified atom stereocenters. The summed E-state index contributed by atoms with van der Waals surface area (Å²) in [5.41, 5.74) is 0.505. The Bertz CT molecular complexity index is 492. The van der Waals surface area contributed by atoms with Crippen LogP contribution in [0.3, 0.4) is 0 Å². The van der Waals surface area contributed by atoms with Gasteiger partial charge in [0, 0.05) is 5.92 Å². The van der Waals surface area contributed by atoms with Gasteiger partial charge in [-0.15, -0.1) is 0 Å². The van der Waals surface area contributed by atoms with E-state index >= 15 is 0 Å². The minimum atomic E-state index is -0.488. The van der Waals surface area contributed by atoms with Crippen LogP contribution in [-0.2, 0) is 25.6 Å². The van der Waals surface area contributed by atoms with Crippen LogP contribution < -0.4 is 0 Å². The molecule has 0 N–H and O–H groups in total. The van der Waals surface area contributed by atoms with Crippen molar-refractivity contribution in [3.8, 4) is 0 Å². The molecule has 0 aromatic heterocycles. The fourth-order valence-corrected chi connectivity index (χ4v) is 3.22. The summed E-state index contributed by atoms with van der Waals surface area (Å²) in [6, 6.07) is 9.74. The number of carbonyl (C=O) groups is 1. The van der Waals surface area contributed by atoms with Crippen LogP contribution in [0.5, 0.6) is 0 Å². The molecular formula is C15H19BO4. The van der Waals surface area contributed by atoms with Crippen molar-refractivity contribution in [2.45, 2.75) is 37.7 Å². The predicted molar refractivity (Wildman–Crippen MR) is 75.9 cm³/mol. The van der Waals surface area contributed by atoms with Gasteiger partial charge in [0.15, 0.2) is 0 Å². The average Bonchev–Trinajstić information content (AvgIpc) is 2.86. The molecule has 0 saturated carbocycles. The Labute approximate surface area is 119 Å². The van der Waals surface area contributed by atoms with Crippen molar-refractivity contribution in [2.24, 2.45) is 5.92 Å². The number of ether oxygens (including phenoxy) is 3. The minimum Gasteiger partial charge on any atom is -0.461 e. The highest BCUT2D eigenvalue weighted by Gasteiger charge is 2.58. The van der Waals surface area contributed by atoms with Crippen molar-refractivity contribution in [3.63, 3.8) is 0 Å². The molecule has 3 rings (SSSR count). The van der Waals surface area contributed by atoms with E-state index in [1.54, 1.807) is 0 Å². The molecule has 2 aliphatic rings. The van der Waals surface area contributed by atoms with Gasteiger partial charge in [0.25, 0.3) is 0 Å². The number of fused-ring (bicyclic) bond motifs is 2. The van der Waals surface area contributed by atoms with Gasteiger partial charge in [-0.2, -0.15) is 0 Å². The third kappa shape index (κ3) is 2.36. The summed E-state index contributed by atoms with van der Waals surface area (Å²) < 4.78 is 17.0. The number of hydrogen-bond acceptors (Lipinski definition) is 4. The number of rotatable bonds is 4. The Morgan fingerprint density at radius 3 is 2.80 bits per heavy atom. The number of esters is 1. The molecule has 0 radical (unpaired) electrons. The predicted octanol–water partition coefficient (Wildman–Crippen LogP) is 0.883. The summed E-state index contributed by atoms with van der Waals surface area (Å²) >= 11 is 0. The molecule has 5 heteroatoms. The van der Waals surface area contributed by atoms with Gasteiger partial charge in [-0.1, -0.05) is 37.3 Å². The summed E-state index contributed by atoms with van der Waals surface area (Å²) in [6.07, 6.45) is 0.374. The van der Waals surface area contributed by atoms with Gasteiger partial charge in [-0.25, -0.2) is 0 Å². The van der Waals surface area contributed by atoms with Crippen molar-refractivity contribution in [1.82, 2.24) is 0 Å². The van der Waals surface area contributed by atoms with Crippen LogP contribution in [0.4, 0.5) is 0 Å². The molecule has 4 atom stereocenters. The van der Waals surface area contributed by atoms with E-state index in [2.05, 4.69) is 6.92 Å². The molecule has 1 aromatic rings. The molecule has 1 aromatic carbocycles. The lowest BCUT2D eigenvalue weighted by molar-refractivity contribution is -0.160. The fraction of sp³-hybridized carbons (Fsp3) is 0.533. The molecule has 20 heavy (non-hydrogen) atoms. The Morgan fingerprint density at radius 1 is 1.45 bits per heavy atom. The zero-order valence-electron chi connectivity index (χ0n) is 11.9. The van der Waals surface area contributed by atoms with Crippen molar-refractivity contribution in [2.75, 3.05) is 6.61 Å². The SMILES string of the molecule is B[C@@H]1O[C@@]2(CC(=O)OCc3ccccc3)COC1[C@H]2C. The molecule has 2 heterocycles. The molecular weight excluding hydrogens is 255 g/mol. The van der Waals surface area contributed by atoms with Gasteiger partial charge in [0.1, 0.15) is 20.1 Å². The normalized spacial score (nSPS) is 35.1. The molecule has 2 fully saturated rings. The zero-order chi connectivity index (χ0) is 14.2. The second kappa shape index (κ2) is 5.22. The molecule has 106 valence electrons. The second-order valence-electron chi connectivity index (χ2n) is 5.78. The van der Waals surface area contributed by atoms with Crippen LogP contribution in [0.1, 0.15) is 18.9 Å². The molecule has 4 nitrogen and oxygen atoms in total. The molecule has 0 spiro atoms. The minimum absolute atomic E-state index is 0.0562. The Balaban J connectivity index is 1.57. The highest BCUT2D eigenvalue weighted by Crippen LogP contribution is 2.45. The van der Waals surface area contributed by atoms with E-state index < -0.39 is 5.60 Å². The number of hydrogen-bond donors (Lipinski definition) is 0. The van der Waals surface area contributed by atoms with Crippen molar-refractivity contribution >= 4 is 13.8 Å². The lowest BCUT2D eigenvalue weighted by Gasteiger charge is -2.29. The topological polar surface area (TPSA) is 44.8 Å². The summed E-state index contributed by atoms with van der Waals surface area (Å²) in [4.78, 5) is 12.0. The van der Waals surface area contributed by atoms with Gasteiger partial charge in [0.05, 0.1) is 25.1 Å². The maximum atomic E-state index is 12.0. The van der Waals surface area contributed by atoms with E-state index in [1.807, 2.05) is 38.2 Å². The van der Waals surface area contributed by atoms with E-state index in [0.717, 1.165) is 5.56 Å². The highest BCUT2D eigenvalue weighted by atomic mass is 16.6. The van der Waals surface area contributed by atoms with E-state index in [9.17, 15) is 4.79 Å². The summed E-state index contributed by atoms with van der Waals surface area (Å²) in [5.74, 6) is 0.0147. The summed E-state index contributed by atoms with van der Waals surface area (Å²) in [5, 5.41) is 0. The quantitative estimate of drug-likeness (QED) is 0.604. The van der Waals surface area contributed by atoms with Gasteiger partial charge >= 0.3 is 5.97 Å². The first-order chi connectivity index (χ1) is 9.61. The van der Waals surface area contributed by atoms with Crippen LogP contribution in [0, 0.1) is 5.92 Å². The first-order valence-corrected chi connectivity index (χ1v) is 7.10. The van der Waals surface area contributed by atoms with Gasteiger partial charge in [-0.05, 0) is 5.56 Å². The largest absolute Gasteiger partial charge is 0.461 e. The van der Waals surface area contributed by atoms with Gasteiger partial charge < -0.3 is 14.2 Å². The molecule has 0 aliphatic carbocycles. The number of carbonyl (C=O) groups excluding carboxylic acids is 1. The van der Waals surface area contributed by atoms with Crippen LogP contribution in [0.15, 0.2) is 30.3 Å².